The number of rotatable bonds is 4. The highest BCUT2D eigenvalue weighted by molar-refractivity contribution is 7.89. The third kappa shape index (κ3) is 3.53. The Bertz CT molecular complexity index is 810. The van der Waals surface area contributed by atoms with Gasteiger partial charge in [-0.1, -0.05) is 0 Å². The predicted molar refractivity (Wildman–Crippen MR) is 80.5 cm³/mol. The number of hydrogen-bond donors (Lipinski definition) is 2. The number of piperidine rings is 1. The number of H-pyrrole nitrogens is 2. The zero-order valence-corrected chi connectivity index (χ0v) is 13.7. The zero-order chi connectivity index (χ0) is 17.2. The molecule has 1 saturated heterocycles. The summed E-state index contributed by atoms with van der Waals surface area (Å²) in [5.74, 6) is -1.000. The van der Waals surface area contributed by atoms with Crippen LogP contribution in [0, 0.1) is 12.8 Å². The van der Waals surface area contributed by atoms with Crippen LogP contribution in [0.25, 0.3) is 0 Å². The van der Waals surface area contributed by atoms with Gasteiger partial charge in [0.1, 0.15) is 0 Å². The highest BCUT2D eigenvalue weighted by Gasteiger charge is 2.36. The molecule has 2 N–H and O–H groups in total. The van der Waals surface area contributed by atoms with Crippen molar-refractivity contribution in [1.82, 2.24) is 14.3 Å². The predicted octanol–water partition coefficient (Wildman–Crippen LogP) is -0.665. The molecule has 2 heterocycles. The molecule has 128 valence electrons. The molecule has 10 heteroatoms. The van der Waals surface area contributed by atoms with Crippen LogP contribution in [0.1, 0.15) is 25.5 Å². The van der Waals surface area contributed by atoms with Crippen LogP contribution in [-0.2, 0) is 19.6 Å². The number of nitrogens with zero attached hydrogens (tertiary/aromatic N) is 1. The normalized spacial score (nSPS) is 19.5. The number of carbonyl (C=O) groups is 1. The highest BCUT2D eigenvalue weighted by Crippen LogP contribution is 2.23. The summed E-state index contributed by atoms with van der Waals surface area (Å²) in [6.07, 6.45) is 1.02. The Kier molecular flexibility index (Phi) is 5.05. The molecular formula is C13H19N3O6S. The van der Waals surface area contributed by atoms with Crippen LogP contribution in [0.5, 0.6) is 0 Å². The van der Waals surface area contributed by atoms with E-state index in [0.29, 0.717) is 12.8 Å². The van der Waals surface area contributed by atoms with Gasteiger partial charge in [-0.05, 0) is 26.7 Å². The molecule has 1 aromatic rings. The van der Waals surface area contributed by atoms with Crippen LogP contribution in [-0.4, -0.2) is 48.4 Å². The smallest absolute Gasteiger partial charge is 0.325 e. The second-order valence-corrected chi connectivity index (χ2v) is 7.19. The Labute approximate surface area is 132 Å². The van der Waals surface area contributed by atoms with Crippen LogP contribution in [0.2, 0.25) is 0 Å². The minimum Gasteiger partial charge on any atom is -0.466 e. The first kappa shape index (κ1) is 17.4. The third-order valence-corrected chi connectivity index (χ3v) is 5.70. The maximum Gasteiger partial charge on any atom is 0.325 e. The molecule has 1 unspecified atom stereocenters. The van der Waals surface area contributed by atoms with Crippen molar-refractivity contribution >= 4 is 16.0 Å². The van der Waals surface area contributed by atoms with E-state index in [1.807, 2.05) is 4.98 Å². The first-order valence-electron chi connectivity index (χ1n) is 7.27. The molecule has 1 aromatic heterocycles. The molecule has 2 rings (SSSR count). The number of ether oxygens (including phenoxy) is 1. The van der Waals surface area contributed by atoms with Gasteiger partial charge < -0.3 is 9.72 Å². The van der Waals surface area contributed by atoms with E-state index in [2.05, 4.69) is 4.98 Å². The molecule has 1 aliphatic rings. The minimum atomic E-state index is -4.11. The van der Waals surface area contributed by atoms with Crippen molar-refractivity contribution in [3.05, 3.63) is 26.5 Å². The summed E-state index contributed by atoms with van der Waals surface area (Å²) in [7, 11) is -4.11. The molecule has 0 bridgehead atoms. The van der Waals surface area contributed by atoms with Crippen molar-refractivity contribution in [2.75, 3.05) is 19.7 Å². The molecule has 0 radical (unpaired) electrons. The van der Waals surface area contributed by atoms with Crippen molar-refractivity contribution in [1.29, 1.82) is 0 Å². The lowest BCUT2D eigenvalue weighted by Gasteiger charge is -2.30. The average molecular weight is 345 g/mol. The number of carbonyl (C=O) groups excluding carboxylic acids is 1. The third-order valence-electron chi connectivity index (χ3n) is 3.68. The van der Waals surface area contributed by atoms with Gasteiger partial charge in [0.15, 0.2) is 4.90 Å². The summed E-state index contributed by atoms with van der Waals surface area (Å²) < 4.78 is 31.4. The van der Waals surface area contributed by atoms with Gasteiger partial charge in [-0.25, -0.2) is 13.2 Å². The van der Waals surface area contributed by atoms with E-state index in [0.717, 1.165) is 4.31 Å². The number of aromatic nitrogens is 2. The molecule has 0 amide bonds. The van der Waals surface area contributed by atoms with Gasteiger partial charge in [-0.2, -0.15) is 4.31 Å². The maximum atomic E-state index is 12.7. The van der Waals surface area contributed by atoms with Gasteiger partial charge in [0.05, 0.1) is 12.5 Å². The Morgan fingerprint density at radius 2 is 2.04 bits per heavy atom. The number of hydrogen-bond acceptors (Lipinski definition) is 6. The lowest BCUT2D eigenvalue weighted by molar-refractivity contribution is -0.149. The molecule has 23 heavy (non-hydrogen) atoms. The van der Waals surface area contributed by atoms with E-state index < -0.39 is 38.1 Å². The average Bonchev–Trinajstić information content (AvgIpc) is 2.46. The van der Waals surface area contributed by atoms with Gasteiger partial charge in [0.2, 0.25) is 10.0 Å². The number of aromatic amines is 2. The molecule has 0 saturated carbocycles. The molecule has 1 atom stereocenters. The largest absolute Gasteiger partial charge is 0.466 e. The van der Waals surface area contributed by atoms with Gasteiger partial charge in [0, 0.05) is 18.8 Å². The Balaban J connectivity index is 2.35. The Morgan fingerprint density at radius 3 is 2.65 bits per heavy atom. The van der Waals surface area contributed by atoms with Crippen molar-refractivity contribution in [3.63, 3.8) is 0 Å². The first-order chi connectivity index (χ1) is 10.8. The van der Waals surface area contributed by atoms with Gasteiger partial charge >= 0.3 is 11.7 Å². The first-order valence-corrected chi connectivity index (χ1v) is 8.71. The number of esters is 1. The molecule has 1 fully saturated rings. The lowest BCUT2D eigenvalue weighted by Crippen LogP contribution is -2.45. The molecule has 0 aliphatic carbocycles. The van der Waals surface area contributed by atoms with Crippen LogP contribution in [0.4, 0.5) is 0 Å². The Morgan fingerprint density at radius 1 is 1.35 bits per heavy atom. The van der Waals surface area contributed by atoms with E-state index >= 15 is 0 Å². The van der Waals surface area contributed by atoms with Crippen LogP contribution in [0.15, 0.2) is 14.5 Å². The van der Waals surface area contributed by atoms with E-state index in [1.54, 1.807) is 6.92 Å². The van der Waals surface area contributed by atoms with Gasteiger partial charge in [-0.15, -0.1) is 0 Å². The van der Waals surface area contributed by atoms with Crippen LogP contribution >= 0.6 is 0 Å². The zero-order valence-electron chi connectivity index (χ0n) is 12.9. The highest BCUT2D eigenvalue weighted by atomic mass is 32.2. The summed E-state index contributed by atoms with van der Waals surface area (Å²) in [5, 5.41) is 0. The molecule has 9 nitrogen and oxygen atoms in total. The Hall–Kier alpha value is -1.94. The van der Waals surface area contributed by atoms with E-state index in [-0.39, 0.29) is 25.4 Å². The number of sulfonamides is 1. The molecule has 0 spiro atoms. The van der Waals surface area contributed by atoms with Crippen molar-refractivity contribution in [3.8, 4) is 0 Å². The summed E-state index contributed by atoms with van der Waals surface area (Å²) in [4.78, 5) is 38.6. The fourth-order valence-electron chi connectivity index (χ4n) is 2.64. The van der Waals surface area contributed by atoms with Gasteiger partial charge in [0.25, 0.3) is 5.56 Å². The fraction of sp³-hybridized carbons (Fsp3) is 0.615. The summed E-state index contributed by atoms with van der Waals surface area (Å²) in [5.41, 5.74) is -1.77. The SMILES string of the molecule is CCOC(=O)C1CCCN(S(=O)(=O)c2c(C)[nH]c(=O)[nH]c2=O)C1. The van der Waals surface area contributed by atoms with E-state index in [1.165, 1.54) is 6.92 Å². The van der Waals surface area contributed by atoms with Crippen molar-refractivity contribution in [2.45, 2.75) is 31.6 Å². The lowest BCUT2D eigenvalue weighted by atomic mass is 10.0. The topological polar surface area (TPSA) is 129 Å². The van der Waals surface area contributed by atoms with E-state index in [9.17, 15) is 22.8 Å². The maximum absolute atomic E-state index is 12.7. The van der Waals surface area contributed by atoms with Crippen molar-refractivity contribution < 1.29 is 17.9 Å². The standard InChI is InChI=1S/C13H19N3O6S/c1-3-22-12(18)9-5-4-6-16(7-9)23(20,21)10-8(2)14-13(19)15-11(10)17/h9H,3-7H2,1-2H3,(H2,14,15,17,19). The minimum absolute atomic E-state index is 0.0305. The molecule has 0 aromatic carbocycles. The summed E-state index contributed by atoms with van der Waals surface area (Å²) >= 11 is 0. The van der Waals surface area contributed by atoms with E-state index in [4.69, 9.17) is 4.74 Å². The fourth-order valence-corrected chi connectivity index (χ4v) is 4.37. The van der Waals surface area contributed by atoms with Crippen LogP contribution < -0.4 is 11.2 Å². The second kappa shape index (κ2) is 6.67. The number of nitrogens with one attached hydrogen (secondary N) is 2. The van der Waals surface area contributed by atoms with Gasteiger partial charge in [-0.3, -0.25) is 14.6 Å². The molecular weight excluding hydrogens is 326 g/mol. The quantitative estimate of drug-likeness (QED) is 0.697. The van der Waals surface area contributed by atoms with Crippen molar-refractivity contribution in [2.24, 2.45) is 5.92 Å². The second-order valence-electron chi connectivity index (χ2n) is 5.32. The summed E-state index contributed by atoms with van der Waals surface area (Å²) in [6, 6.07) is 0. The number of aryl methyl sites for hydroxylation is 1. The summed E-state index contributed by atoms with van der Waals surface area (Å²) in [6.45, 7) is 3.41. The monoisotopic (exact) mass is 345 g/mol. The van der Waals surface area contributed by atoms with Crippen LogP contribution in [0.3, 0.4) is 0 Å². The molecule has 1 aliphatic heterocycles.